The average Bonchev–Trinajstić information content (AvgIpc) is 2.53. The van der Waals surface area contributed by atoms with Crippen molar-refractivity contribution in [3.63, 3.8) is 0 Å². The van der Waals surface area contributed by atoms with E-state index in [2.05, 4.69) is 27.7 Å². The molecule has 0 saturated heterocycles. The Hall–Kier alpha value is -1.51. The molecule has 4 rings (SSSR count). The maximum absolute atomic E-state index is 11.3. The lowest BCUT2D eigenvalue weighted by Gasteiger charge is -2.66. The summed E-state index contributed by atoms with van der Waals surface area (Å²) < 4.78 is 12.3. The third-order valence-electron chi connectivity index (χ3n) is 7.96. The Morgan fingerprint density at radius 1 is 1.19 bits per heavy atom. The van der Waals surface area contributed by atoms with Crippen LogP contribution in [0.15, 0.2) is 18.2 Å². The highest BCUT2D eigenvalue weighted by Gasteiger charge is 2.65. The maximum Gasteiger partial charge on any atom is 0.308 e. The van der Waals surface area contributed by atoms with E-state index in [4.69, 9.17) is 9.47 Å². The molecule has 1 aliphatic heterocycles. The lowest BCUT2D eigenvalue weighted by atomic mass is 9.44. The highest BCUT2D eigenvalue weighted by molar-refractivity contribution is 5.69. The predicted octanol–water partition coefficient (Wildman–Crippen LogP) is 5.55. The molecule has 2 fully saturated rings. The molecule has 2 saturated carbocycles. The number of hydrogen-bond donors (Lipinski definition) is 0. The molecule has 0 bridgehead atoms. The fourth-order valence-electron chi connectivity index (χ4n) is 6.42. The Morgan fingerprint density at radius 2 is 1.96 bits per heavy atom. The Labute approximate surface area is 157 Å². The lowest BCUT2D eigenvalue weighted by molar-refractivity contribution is -0.210. The highest BCUT2D eigenvalue weighted by atomic mass is 16.5. The van der Waals surface area contributed by atoms with E-state index in [9.17, 15) is 4.79 Å². The monoisotopic (exact) mass is 356 g/mol. The highest BCUT2D eigenvalue weighted by Crippen LogP contribution is 2.65. The topological polar surface area (TPSA) is 35.5 Å². The van der Waals surface area contributed by atoms with Crippen molar-refractivity contribution in [3.8, 4) is 11.5 Å². The normalized spacial score (nSPS) is 37.6. The van der Waals surface area contributed by atoms with E-state index in [1.165, 1.54) is 38.2 Å². The van der Waals surface area contributed by atoms with Gasteiger partial charge in [0.2, 0.25) is 0 Å². The number of carbonyl (C=O) groups excluding carboxylic acids is 1. The van der Waals surface area contributed by atoms with Crippen LogP contribution in [0.2, 0.25) is 0 Å². The van der Waals surface area contributed by atoms with Gasteiger partial charge < -0.3 is 9.47 Å². The van der Waals surface area contributed by atoms with Crippen molar-refractivity contribution < 1.29 is 14.3 Å². The fraction of sp³-hybridized carbons (Fsp3) is 0.696. The first-order chi connectivity index (χ1) is 12.2. The zero-order valence-electron chi connectivity index (χ0n) is 16.9. The molecule has 1 spiro atoms. The number of ether oxygens (including phenoxy) is 2. The number of esters is 1. The van der Waals surface area contributed by atoms with Gasteiger partial charge in [-0.25, -0.2) is 0 Å². The van der Waals surface area contributed by atoms with Crippen molar-refractivity contribution >= 4 is 5.97 Å². The maximum atomic E-state index is 11.3. The van der Waals surface area contributed by atoms with Gasteiger partial charge in [0.05, 0.1) is 0 Å². The Balaban J connectivity index is 1.80. The standard InChI is InChI=1S/C23H32O3/c1-15-7-10-20-21(3,4)11-6-12-23(20)22(15,5)14-17-13-18(25-16(2)24)8-9-19(17)26-23/h8-9,13,15,20H,6-7,10-12,14H2,1-5H3/t15-,20-,22+,23+/m0/s1. The van der Waals surface area contributed by atoms with Gasteiger partial charge in [0, 0.05) is 18.3 Å². The zero-order valence-corrected chi connectivity index (χ0v) is 16.9. The summed E-state index contributed by atoms with van der Waals surface area (Å²) in [5, 5.41) is 0. The van der Waals surface area contributed by atoms with Crippen molar-refractivity contribution in [1.29, 1.82) is 0 Å². The molecule has 3 aliphatic rings. The summed E-state index contributed by atoms with van der Waals surface area (Å²) in [6.07, 6.45) is 7.25. The molecular formula is C23H32O3. The molecule has 1 aromatic rings. The molecule has 3 nitrogen and oxygen atoms in total. The van der Waals surface area contributed by atoms with Crippen LogP contribution in [0.4, 0.5) is 0 Å². The Kier molecular flexibility index (Phi) is 3.95. The van der Waals surface area contributed by atoms with E-state index >= 15 is 0 Å². The third kappa shape index (κ3) is 2.42. The van der Waals surface area contributed by atoms with E-state index in [1.807, 2.05) is 18.2 Å². The molecule has 2 aliphatic carbocycles. The number of carbonyl (C=O) groups is 1. The fourth-order valence-corrected chi connectivity index (χ4v) is 6.42. The largest absolute Gasteiger partial charge is 0.486 e. The van der Waals surface area contributed by atoms with Gasteiger partial charge in [-0.05, 0) is 73.6 Å². The lowest BCUT2D eigenvalue weighted by Crippen LogP contribution is -2.68. The molecule has 142 valence electrons. The quantitative estimate of drug-likeness (QED) is 0.489. The van der Waals surface area contributed by atoms with Crippen molar-refractivity contribution in [2.24, 2.45) is 22.7 Å². The molecule has 0 N–H and O–H groups in total. The minimum Gasteiger partial charge on any atom is -0.486 e. The second-order valence-corrected chi connectivity index (χ2v) is 9.82. The minimum absolute atomic E-state index is 0.0671. The number of hydrogen-bond acceptors (Lipinski definition) is 3. The predicted molar refractivity (Wildman–Crippen MR) is 102 cm³/mol. The van der Waals surface area contributed by atoms with Gasteiger partial charge in [0.1, 0.15) is 17.1 Å². The average molecular weight is 357 g/mol. The van der Waals surface area contributed by atoms with Gasteiger partial charge in [-0.1, -0.05) is 27.7 Å². The Bertz CT molecular complexity index is 737. The van der Waals surface area contributed by atoms with Gasteiger partial charge in [-0.3, -0.25) is 4.79 Å². The van der Waals surface area contributed by atoms with Crippen molar-refractivity contribution in [1.82, 2.24) is 0 Å². The van der Waals surface area contributed by atoms with Crippen molar-refractivity contribution in [3.05, 3.63) is 23.8 Å². The van der Waals surface area contributed by atoms with Crippen LogP contribution in [-0.4, -0.2) is 11.6 Å². The second kappa shape index (κ2) is 5.74. The summed E-state index contributed by atoms with van der Waals surface area (Å²) in [4.78, 5) is 11.3. The summed E-state index contributed by atoms with van der Waals surface area (Å²) in [6.45, 7) is 11.2. The second-order valence-electron chi connectivity index (χ2n) is 9.82. The molecule has 1 heterocycles. The van der Waals surface area contributed by atoms with Crippen LogP contribution in [0.1, 0.15) is 72.3 Å². The van der Waals surface area contributed by atoms with Crippen molar-refractivity contribution in [2.75, 3.05) is 0 Å². The molecule has 1 aromatic carbocycles. The molecule has 0 radical (unpaired) electrons. The summed E-state index contributed by atoms with van der Waals surface area (Å²) in [6, 6.07) is 5.90. The number of benzene rings is 1. The van der Waals surface area contributed by atoms with Crippen LogP contribution in [0.3, 0.4) is 0 Å². The van der Waals surface area contributed by atoms with Gasteiger partial charge in [0.25, 0.3) is 0 Å². The van der Waals surface area contributed by atoms with Crippen LogP contribution in [0, 0.1) is 22.7 Å². The summed E-state index contributed by atoms with van der Waals surface area (Å²) in [7, 11) is 0. The van der Waals surface area contributed by atoms with Crippen LogP contribution in [0.5, 0.6) is 11.5 Å². The van der Waals surface area contributed by atoms with Crippen LogP contribution in [0.25, 0.3) is 0 Å². The van der Waals surface area contributed by atoms with E-state index in [0.717, 1.165) is 18.6 Å². The van der Waals surface area contributed by atoms with Gasteiger partial charge in [-0.15, -0.1) is 0 Å². The van der Waals surface area contributed by atoms with Gasteiger partial charge >= 0.3 is 5.97 Å². The van der Waals surface area contributed by atoms with Crippen LogP contribution in [-0.2, 0) is 11.2 Å². The summed E-state index contributed by atoms with van der Waals surface area (Å²) in [5.41, 5.74) is 1.57. The van der Waals surface area contributed by atoms with Gasteiger partial charge in [0.15, 0.2) is 0 Å². The van der Waals surface area contributed by atoms with E-state index < -0.39 is 0 Å². The first-order valence-corrected chi connectivity index (χ1v) is 10.2. The van der Waals surface area contributed by atoms with Crippen LogP contribution < -0.4 is 9.47 Å². The van der Waals surface area contributed by atoms with E-state index in [0.29, 0.717) is 23.0 Å². The number of fused-ring (bicyclic) bond motifs is 1. The summed E-state index contributed by atoms with van der Waals surface area (Å²) in [5.74, 6) is 2.58. The smallest absolute Gasteiger partial charge is 0.308 e. The third-order valence-corrected chi connectivity index (χ3v) is 7.96. The zero-order chi connectivity index (χ0) is 18.7. The van der Waals surface area contributed by atoms with Crippen LogP contribution >= 0.6 is 0 Å². The molecule has 0 amide bonds. The SMILES string of the molecule is CC(=O)Oc1ccc2c(c1)C[C@]1(C)[C@@H](C)CC[C@H]3C(C)(C)CCC[C@@]31O2. The molecular weight excluding hydrogens is 324 g/mol. The first-order valence-electron chi connectivity index (χ1n) is 10.2. The molecule has 4 atom stereocenters. The van der Waals surface area contributed by atoms with Crippen molar-refractivity contribution in [2.45, 2.75) is 78.7 Å². The molecule has 0 aromatic heterocycles. The Morgan fingerprint density at radius 3 is 2.69 bits per heavy atom. The minimum atomic E-state index is -0.274. The number of rotatable bonds is 1. The van der Waals surface area contributed by atoms with E-state index in [-0.39, 0.29) is 17.0 Å². The van der Waals surface area contributed by atoms with E-state index in [1.54, 1.807) is 0 Å². The molecule has 3 heteroatoms. The first kappa shape index (κ1) is 17.9. The van der Waals surface area contributed by atoms with Gasteiger partial charge in [-0.2, -0.15) is 0 Å². The summed E-state index contributed by atoms with van der Waals surface area (Å²) >= 11 is 0. The molecule has 0 unspecified atom stereocenters. The molecule has 26 heavy (non-hydrogen) atoms.